The number of anilines is 1. The first-order valence-electron chi connectivity index (χ1n) is 6.47. The first kappa shape index (κ1) is 15.4. The van der Waals surface area contributed by atoms with Gasteiger partial charge in [-0.2, -0.15) is 4.98 Å². The van der Waals surface area contributed by atoms with Gasteiger partial charge in [0.05, 0.1) is 12.3 Å². The minimum atomic E-state index is -3.28. The van der Waals surface area contributed by atoms with Crippen molar-refractivity contribution in [2.75, 3.05) is 18.1 Å². The van der Waals surface area contributed by atoms with Crippen molar-refractivity contribution in [1.29, 1.82) is 0 Å². The van der Waals surface area contributed by atoms with Crippen molar-refractivity contribution < 1.29 is 8.42 Å². The Morgan fingerprint density at radius 2 is 2.19 bits per heavy atom. The van der Waals surface area contributed by atoms with Crippen molar-refractivity contribution in [3.8, 4) is 0 Å². The summed E-state index contributed by atoms with van der Waals surface area (Å²) in [5, 5.41) is 9.77. The number of aromatic amines is 1. The molecule has 2 aromatic heterocycles. The Bertz CT molecular complexity index is 670. The lowest BCUT2D eigenvalue weighted by atomic mass is 10.3. The largest absolute Gasteiger partial charge is 0.353 e. The lowest BCUT2D eigenvalue weighted by Crippen LogP contribution is -2.26. The third-order valence-electron chi connectivity index (χ3n) is 2.69. The quantitative estimate of drug-likeness (QED) is 0.685. The van der Waals surface area contributed by atoms with Crippen LogP contribution >= 0.6 is 0 Å². The highest BCUT2D eigenvalue weighted by Gasteiger charge is 2.14. The van der Waals surface area contributed by atoms with E-state index >= 15 is 0 Å². The van der Waals surface area contributed by atoms with Gasteiger partial charge in [0.2, 0.25) is 16.0 Å². The molecule has 21 heavy (non-hydrogen) atoms. The van der Waals surface area contributed by atoms with Crippen LogP contribution in [0.2, 0.25) is 0 Å². The molecule has 0 saturated carbocycles. The van der Waals surface area contributed by atoms with E-state index in [-0.39, 0.29) is 0 Å². The van der Waals surface area contributed by atoms with Gasteiger partial charge in [0.25, 0.3) is 0 Å². The van der Waals surface area contributed by atoms with Gasteiger partial charge in [-0.05, 0) is 19.1 Å². The molecule has 1 atom stereocenters. The zero-order valence-electron chi connectivity index (χ0n) is 11.9. The standard InChI is InChI=1S/C12H18N6O2S/c1-9(18-21(2,19)20)11-15-12(17-16-11)14-8-6-10-5-3-4-7-13-10/h3-5,7,9,18H,6,8H2,1-2H3,(H2,14,15,16,17). The Hall–Kier alpha value is -2.00. The minimum Gasteiger partial charge on any atom is -0.353 e. The fraction of sp³-hybridized carbons (Fsp3) is 0.417. The van der Waals surface area contributed by atoms with E-state index in [1.807, 2.05) is 18.2 Å². The third-order valence-corrected chi connectivity index (χ3v) is 3.48. The van der Waals surface area contributed by atoms with Crippen molar-refractivity contribution in [3.05, 3.63) is 35.9 Å². The van der Waals surface area contributed by atoms with Gasteiger partial charge < -0.3 is 5.32 Å². The summed E-state index contributed by atoms with van der Waals surface area (Å²) >= 11 is 0. The Morgan fingerprint density at radius 3 is 2.86 bits per heavy atom. The molecule has 0 spiro atoms. The summed E-state index contributed by atoms with van der Waals surface area (Å²) in [5.74, 6) is 0.892. The van der Waals surface area contributed by atoms with Crippen molar-refractivity contribution in [3.63, 3.8) is 0 Å². The molecule has 0 amide bonds. The lowest BCUT2D eigenvalue weighted by Gasteiger charge is -2.07. The molecular formula is C12H18N6O2S. The molecule has 1 unspecified atom stereocenters. The van der Waals surface area contributed by atoms with Crippen LogP contribution in [0.1, 0.15) is 24.5 Å². The maximum absolute atomic E-state index is 11.2. The summed E-state index contributed by atoms with van der Waals surface area (Å²) in [6.07, 6.45) is 3.60. The number of hydrogen-bond acceptors (Lipinski definition) is 6. The Labute approximate surface area is 123 Å². The number of rotatable bonds is 7. The zero-order valence-corrected chi connectivity index (χ0v) is 12.7. The van der Waals surface area contributed by atoms with Crippen LogP contribution in [0.15, 0.2) is 24.4 Å². The van der Waals surface area contributed by atoms with E-state index in [1.54, 1.807) is 13.1 Å². The van der Waals surface area contributed by atoms with E-state index in [0.717, 1.165) is 18.4 Å². The summed E-state index contributed by atoms with van der Waals surface area (Å²) in [6, 6.07) is 5.29. The molecule has 114 valence electrons. The van der Waals surface area contributed by atoms with Crippen LogP contribution in [0, 0.1) is 0 Å². The van der Waals surface area contributed by atoms with Gasteiger partial charge in [-0.15, -0.1) is 5.10 Å². The third kappa shape index (κ3) is 5.12. The highest BCUT2D eigenvalue weighted by Crippen LogP contribution is 2.09. The van der Waals surface area contributed by atoms with Crippen molar-refractivity contribution in [1.82, 2.24) is 24.9 Å². The van der Waals surface area contributed by atoms with E-state index in [9.17, 15) is 8.42 Å². The van der Waals surface area contributed by atoms with Crippen LogP contribution < -0.4 is 10.0 Å². The van der Waals surface area contributed by atoms with Crippen LogP contribution in [0.25, 0.3) is 0 Å². The van der Waals surface area contributed by atoms with Gasteiger partial charge in [0.15, 0.2) is 0 Å². The van der Waals surface area contributed by atoms with Crippen molar-refractivity contribution in [2.45, 2.75) is 19.4 Å². The van der Waals surface area contributed by atoms with Crippen LogP contribution in [0.4, 0.5) is 5.95 Å². The topological polar surface area (TPSA) is 113 Å². The molecule has 0 aliphatic rings. The van der Waals surface area contributed by atoms with Gasteiger partial charge in [0.1, 0.15) is 5.82 Å². The molecule has 0 bridgehead atoms. The smallest absolute Gasteiger partial charge is 0.242 e. The first-order chi connectivity index (χ1) is 9.94. The SMILES string of the molecule is CC(NS(C)(=O)=O)c1nc(NCCc2ccccn2)n[nH]1. The number of hydrogen-bond donors (Lipinski definition) is 3. The molecule has 3 N–H and O–H groups in total. The van der Waals surface area contributed by atoms with Crippen LogP contribution in [-0.4, -0.2) is 41.4 Å². The maximum atomic E-state index is 11.2. The molecular weight excluding hydrogens is 292 g/mol. The highest BCUT2D eigenvalue weighted by molar-refractivity contribution is 7.88. The predicted molar refractivity (Wildman–Crippen MR) is 79.2 cm³/mol. The molecule has 0 saturated heterocycles. The molecule has 0 fully saturated rings. The van der Waals surface area contributed by atoms with Crippen LogP contribution in [0.5, 0.6) is 0 Å². The number of sulfonamides is 1. The first-order valence-corrected chi connectivity index (χ1v) is 8.36. The fourth-order valence-corrected chi connectivity index (χ4v) is 2.53. The summed E-state index contributed by atoms with van der Waals surface area (Å²) in [5.41, 5.74) is 0.980. The number of nitrogens with one attached hydrogen (secondary N) is 3. The number of H-pyrrole nitrogens is 1. The highest BCUT2D eigenvalue weighted by atomic mass is 32.2. The average molecular weight is 310 g/mol. The molecule has 8 nitrogen and oxygen atoms in total. The number of nitrogens with zero attached hydrogens (tertiary/aromatic N) is 3. The second-order valence-corrected chi connectivity index (χ2v) is 6.43. The minimum absolute atomic E-state index is 0.433. The fourth-order valence-electron chi connectivity index (χ4n) is 1.77. The summed E-state index contributed by atoms with van der Waals surface area (Å²) in [7, 11) is -3.28. The van der Waals surface area contributed by atoms with Crippen molar-refractivity contribution >= 4 is 16.0 Å². The van der Waals surface area contributed by atoms with E-state index in [4.69, 9.17) is 0 Å². The molecule has 0 aliphatic carbocycles. The lowest BCUT2D eigenvalue weighted by molar-refractivity contribution is 0.566. The molecule has 0 aromatic carbocycles. The second-order valence-electron chi connectivity index (χ2n) is 4.65. The van der Waals surface area contributed by atoms with Gasteiger partial charge in [0, 0.05) is 24.9 Å². The van der Waals surface area contributed by atoms with Crippen LogP contribution in [-0.2, 0) is 16.4 Å². The van der Waals surface area contributed by atoms with Crippen molar-refractivity contribution in [2.24, 2.45) is 0 Å². The summed E-state index contributed by atoms with van der Waals surface area (Å²) in [6.45, 7) is 2.33. The molecule has 0 aliphatic heterocycles. The Balaban J connectivity index is 1.86. The van der Waals surface area contributed by atoms with Crippen LogP contribution in [0.3, 0.4) is 0 Å². The number of pyridine rings is 1. The van der Waals surface area contributed by atoms with E-state index in [1.165, 1.54) is 0 Å². The normalized spacial score (nSPS) is 13.0. The zero-order chi connectivity index (χ0) is 15.3. The van der Waals surface area contributed by atoms with Gasteiger partial charge >= 0.3 is 0 Å². The number of aromatic nitrogens is 4. The van der Waals surface area contributed by atoms with E-state index < -0.39 is 16.1 Å². The van der Waals surface area contributed by atoms with Gasteiger partial charge in [-0.25, -0.2) is 13.1 Å². The molecule has 2 heterocycles. The second kappa shape index (κ2) is 6.64. The molecule has 9 heteroatoms. The van der Waals surface area contributed by atoms with Gasteiger partial charge in [-0.1, -0.05) is 6.07 Å². The molecule has 0 radical (unpaired) electrons. The summed E-state index contributed by atoms with van der Waals surface area (Å²) < 4.78 is 24.7. The predicted octanol–water partition coefficient (Wildman–Crippen LogP) is 0.464. The van der Waals surface area contributed by atoms with E-state index in [2.05, 4.69) is 30.2 Å². The Kier molecular flexibility index (Phi) is 4.86. The average Bonchev–Trinajstić information content (AvgIpc) is 2.87. The van der Waals surface area contributed by atoms with Gasteiger partial charge in [-0.3, -0.25) is 10.1 Å². The maximum Gasteiger partial charge on any atom is 0.242 e. The summed E-state index contributed by atoms with van der Waals surface area (Å²) in [4.78, 5) is 8.42. The molecule has 2 rings (SSSR count). The van der Waals surface area contributed by atoms with E-state index in [0.29, 0.717) is 18.3 Å². The monoisotopic (exact) mass is 310 g/mol. The Morgan fingerprint density at radius 1 is 1.38 bits per heavy atom. The molecule has 2 aromatic rings.